The Balaban J connectivity index is 1.63. The van der Waals surface area contributed by atoms with E-state index in [2.05, 4.69) is 32.0 Å². The monoisotopic (exact) mass is 267 g/mol. The summed E-state index contributed by atoms with van der Waals surface area (Å²) in [6.45, 7) is 2.83. The highest BCUT2D eigenvalue weighted by Crippen LogP contribution is 2.22. The van der Waals surface area contributed by atoms with E-state index in [0.717, 1.165) is 31.6 Å². The fraction of sp³-hybridized carbons (Fsp3) is 0.267. The second kappa shape index (κ2) is 5.79. The smallest absolute Gasteiger partial charge is 0.219 e. The first-order valence-electron chi connectivity index (χ1n) is 6.69. The second-order valence-corrected chi connectivity index (χ2v) is 4.91. The molecule has 0 fully saturated rings. The molecule has 3 heterocycles. The molecule has 1 aliphatic rings. The van der Waals surface area contributed by atoms with Crippen molar-refractivity contribution in [3.8, 4) is 0 Å². The van der Waals surface area contributed by atoms with Gasteiger partial charge in [-0.15, -0.1) is 0 Å². The van der Waals surface area contributed by atoms with Crippen LogP contribution in [0.4, 0.5) is 5.95 Å². The lowest BCUT2D eigenvalue weighted by Gasteiger charge is -2.26. The summed E-state index contributed by atoms with van der Waals surface area (Å²) >= 11 is 0. The maximum absolute atomic E-state index is 5.49. The normalized spacial score (nSPS) is 15.9. The van der Waals surface area contributed by atoms with Gasteiger partial charge in [0.2, 0.25) is 5.95 Å². The van der Waals surface area contributed by atoms with E-state index in [1.54, 1.807) is 18.6 Å². The SMILES string of the molecule is Nc1ncc(CN2CC=C(c3cccnc3)CC2)cn1. The van der Waals surface area contributed by atoms with Gasteiger partial charge in [-0.25, -0.2) is 9.97 Å². The van der Waals surface area contributed by atoms with Crippen LogP contribution in [0.3, 0.4) is 0 Å². The quantitative estimate of drug-likeness (QED) is 0.917. The maximum atomic E-state index is 5.49. The van der Waals surface area contributed by atoms with Crippen LogP contribution in [0, 0.1) is 0 Å². The van der Waals surface area contributed by atoms with Crippen LogP contribution in [0.25, 0.3) is 5.57 Å². The molecule has 0 aliphatic carbocycles. The van der Waals surface area contributed by atoms with Crippen molar-refractivity contribution in [1.29, 1.82) is 0 Å². The first-order valence-corrected chi connectivity index (χ1v) is 6.69. The molecule has 5 nitrogen and oxygen atoms in total. The minimum absolute atomic E-state index is 0.325. The van der Waals surface area contributed by atoms with Crippen molar-refractivity contribution in [1.82, 2.24) is 19.9 Å². The molecule has 0 bridgehead atoms. The van der Waals surface area contributed by atoms with E-state index in [1.807, 2.05) is 12.3 Å². The number of hydrogen-bond acceptors (Lipinski definition) is 5. The zero-order valence-electron chi connectivity index (χ0n) is 11.2. The van der Waals surface area contributed by atoms with Crippen LogP contribution in [0.2, 0.25) is 0 Å². The average molecular weight is 267 g/mol. The van der Waals surface area contributed by atoms with E-state index in [9.17, 15) is 0 Å². The molecular weight excluding hydrogens is 250 g/mol. The number of hydrogen-bond donors (Lipinski definition) is 1. The fourth-order valence-corrected chi connectivity index (χ4v) is 2.37. The predicted octanol–water partition coefficient (Wildman–Crippen LogP) is 1.74. The van der Waals surface area contributed by atoms with Crippen molar-refractivity contribution in [2.45, 2.75) is 13.0 Å². The van der Waals surface area contributed by atoms with Gasteiger partial charge in [-0.05, 0) is 23.6 Å². The van der Waals surface area contributed by atoms with Crippen LogP contribution in [0.15, 0.2) is 43.0 Å². The average Bonchev–Trinajstić information content (AvgIpc) is 2.51. The molecule has 0 radical (unpaired) electrons. The Morgan fingerprint density at radius 1 is 1.20 bits per heavy atom. The van der Waals surface area contributed by atoms with E-state index in [0.29, 0.717) is 5.95 Å². The van der Waals surface area contributed by atoms with Crippen molar-refractivity contribution >= 4 is 11.5 Å². The molecule has 2 aromatic rings. The van der Waals surface area contributed by atoms with Gasteiger partial charge in [-0.2, -0.15) is 0 Å². The topological polar surface area (TPSA) is 67.9 Å². The Labute approximate surface area is 118 Å². The lowest BCUT2D eigenvalue weighted by molar-refractivity contribution is 0.293. The van der Waals surface area contributed by atoms with E-state index >= 15 is 0 Å². The molecule has 102 valence electrons. The van der Waals surface area contributed by atoms with Crippen molar-refractivity contribution in [3.63, 3.8) is 0 Å². The summed E-state index contributed by atoms with van der Waals surface area (Å²) < 4.78 is 0. The molecule has 0 aromatic carbocycles. The predicted molar refractivity (Wildman–Crippen MR) is 78.6 cm³/mol. The first-order chi connectivity index (χ1) is 9.81. The molecule has 2 N–H and O–H groups in total. The van der Waals surface area contributed by atoms with E-state index < -0.39 is 0 Å². The third-order valence-corrected chi connectivity index (χ3v) is 3.46. The zero-order chi connectivity index (χ0) is 13.8. The Morgan fingerprint density at radius 3 is 2.70 bits per heavy atom. The number of nitrogens with zero attached hydrogens (tertiary/aromatic N) is 4. The van der Waals surface area contributed by atoms with Crippen LogP contribution >= 0.6 is 0 Å². The molecule has 0 amide bonds. The molecular formula is C15H17N5. The minimum atomic E-state index is 0.325. The molecule has 3 rings (SSSR count). The highest BCUT2D eigenvalue weighted by molar-refractivity contribution is 5.65. The summed E-state index contributed by atoms with van der Waals surface area (Å²) in [6.07, 6.45) is 10.6. The van der Waals surface area contributed by atoms with Crippen molar-refractivity contribution in [3.05, 3.63) is 54.1 Å². The van der Waals surface area contributed by atoms with Crippen LogP contribution in [-0.2, 0) is 6.54 Å². The lowest BCUT2D eigenvalue weighted by atomic mass is 10.0. The summed E-state index contributed by atoms with van der Waals surface area (Å²) in [4.78, 5) is 14.6. The number of nitrogen functional groups attached to an aromatic ring is 1. The number of rotatable bonds is 3. The van der Waals surface area contributed by atoms with E-state index in [4.69, 9.17) is 5.73 Å². The highest BCUT2D eigenvalue weighted by Gasteiger charge is 2.13. The number of pyridine rings is 1. The highest BCUT2D eigenvalue weighted by atomic mass is 15.1. The zero-order valence-corrected chi connectivity index (χ0v) is 11.2. The Kier molecular flexibility index (Phi) is 3.69. The molecule has 0 saturated carbocycles. The maximum Gasteiger partial charge on any atom is 0.219 e. The second-order valence-electron chi connectivity index (χ2n) is 4.91. The molecule has 0 saturated heterocycles. The van der Waals surface area contributed by atoms with Crippen LogP contribution < -0.4 is 5.73 Å². The Hall–Kier alpha value is -2.27. The number of anilines is 1. The lowest BCUT2D eigenvalue weighted by Crippen LogP contribution is -2.28. The molecule has 1 aliphatic heterocycles. The Bertz CT molecular complexity index is 591. The van der Waals surface area contributed by atoms with Gasteiger partial charge in [0.1, 0.15) is 0 Å². The molecule has 2 aromatic heterocycles. The van der Waals surface area contributed by atoms with Crippen molar-refractivity contribution < 1.29 is 0 Å². The number of nitrogens with two attached hydrogens (primary N) is 1. The van der Waals surface area contributed by atoms with Crippen LogP contribution in [0.5, 0.6) is 0 Å². The summed E-state index contributed by atoms with van der Waals surface area (Å²) in [7, 11) is 0. The molecule has 0 atom stereocenters. The molecule has 0 spiro atoms. The minimum Gasteiger partial charge on any atom is -0.368 e. The van der Waals surface area contributed by atoms with Gasteiger partial charge in [0.15, 0.2) is 0 Å². The van der Waals surface area contributed by atoms with Gasteiger partial charge in [0.25, 0.3) is 0 Å². The van der Waals surface area contributed by atoms with Crippen LogP contribution in [-0.4, -0.2) is 32.9 Å². The van der Waals surface area contributed by atoms with Crippen molar-refractivity contribution in [2.75, 3.05) is 18.8 Å². The number of aromatic nitrogens is 3. The van der Waals surface area contributed by atoms with Gasteiger partial charge < -0.3 is 5.73 Å². The summed E-state index contributed by atoms with van der Waals surface area (Å²) in [6, 6.07) is 4.09. The summed E-state index contributed by atoms with van der Waals surface area (Å²) in [5, 5.41) is 0. The largest absolute Gasteiger partial charge is 0.368 e. The van der Waals surface area contributed by atoms with E-state index in [1.165, 1.54) is 11.1 Å². The van der Waals surface area contributed by atoms with Crippen LogP contribution in [0.1, 0.15) is 17.5 Å². The molecule has 0 unspecified atom stereocenters. The first kappa shape index (κ1) is 12.7. The Morgan fingerprint density at radius 2 is 2.05 bits per heavy atom. The summed E-state index contributed by atoms with van der Waals surface area (Å²) in [5.41, 5.74) is 9.19. The third kappa shape index (κ3) is 3.00. The molecule has 20 heavy (non-hydrogen) atoms. The van der Waals surface area contributed by atoms with Crippen molar-refractivity contribution in [2.24, 2.45) is 0 Å². The van der Waals surface area contributed by atoms with Gasteiger partial charge in [-0.3, -0.25) is 9.88 Å². The fourth-order valence-electron chi connectivity index (χ4n) is 2.37. The van der Waals surface area contributed by atoms with Gasteiger partial charge in [0, 0.05) is 50.0 Å². The van der Waals surface area contributed by atoms with Gasteiger partial charge in [0.05, 0.1) is 0 Å². The molecule has 5 heteroatoms. The van der Waals surface area contributed by atoms with Gasteiger partial charge in [-0.1, -0.05) is 12.1 Å². The third-order valence-electron chi connectivity index (χ3n) is 3.46. The van der Waals surface area contributed by atoms with E-state index in [-0.39, 0.29) is 0 Å². The van der Waals surface area contributed by atoms with Gasteiger partial charge >= 0.3 is 0 Å². The standard InChI is InChI=1S/C15H17N5/c16-15-18-8-12(9-19-15)11-20-6-3-13(4-7-20)14-2-1-5-17-10-14/h1-3,5,8-10H,4,6-7,11H2,(H2,16,18,19). The summed E-state index contributed by atoms with van der Waals surface area (Å²) in [5.74, 6) is 0.325.